The summed E-state index contributed by atoms with van der Waals surface area (Å²) >= 11 is 0. The van der Waals surface area contributed by atoms with Crippen molar-refractivity contribution in [3.8, 4) is 0 Å². The fraction of sp³-hybridized carbons (Fsp3) is 0.667. The van der Waals surface area contributed by atoms with Crippen molar-refractivity contribution in [3.63, 3.8) is 0 Å². The van der Waals surface area contributed by atoms with Crippen LogP contribution < -0.4 is 4.72 Å². The summed E-state index contributed by atoms with van der Waals surface area (Å²) in [4.78, 5) is 10.3. The Kier molecular flexibility index (Phi) is 4.11. The summed E-state index contributed by atoms with van der Waals surface area (Å²) in [5.41, 5.74) is -0.204. The molecule has 0 unspecified atom stereocenters. The highest BCUT2D eigenvalue weighted by atomic mass is 32.2. The summed E-state index contributed by atoms with van der Waals surface area (Å²) < 4.78 is 28.3. The normalized spacial score (nSPS) is 34.8. The van der Waals surface area contributed by atoms with E-state index in [1.54, 1.807) is 0 Å². The van der Waals surface area contributed by atoms with E-state index < -0.39 is 14.9 Å². The molecule has 5 rings (SSSR count). The number of hydrogen-bond acceptors (Lipinski definition) is 4. The average molecular weight is 364 g/mol. The van der Waals surface area contributed by atoms with Crippen LogP contribution in [0.2, 0.25) is 0 Å². The molecule has 1 aromatic carbocycles. The van der Waals surface area contributed by atoms with Gasteiger partial charge in [0.2, 0.25) is 10.0 Å². The lowest BCUT2D eigenvalue weighted by Gasteiger charge is -2.56. The smallest absolute Gasteiger partial charge is 0.258 e. The number of benzene rings is 1. The Bertz CT molecular complexity index is 764. The van der Waals surface area contributed by atoms with E-state index in [0.29, 0.717) is 17.8 Å². The third-order valence-corrected chi connectivity index (χ3v) is 8.11. The molecule has 0 radical (unpaired) electrons. The number of nitrogens with one attached hydrogen (secondary N) is 1. The van der Waals surface area contributed by atoms with Crippen LogP contribution in [0.25, 0.3) is 0 Å². The minimum atomic E-state index is -3.75. The van der Waals surface area contributed by atoms with Crippen molar-refractivity contribution in [2.75, 3.05) is 0 Å². The van der Waals surface area contributed by atoms with E-state index in [4.69, 9.17) is 0 Å². The maximum absolute atomic E-state index is 12.7. The molecule has 7 heteroatoms. The van der Waals surface area contributed by atoms with Crippen molar-refractivity contribution in [2.45, 2.75) is 50.0 Å². The summed E-state index contributed by atoms with van der Waals surface area (Å²) in [6.45, 7) is 1.96. The van der Waals surface area contributed by atoms with Crippen LogP contribution >= 0.6 is 0 Å². The number of sulfonamides is 1. The second-order valence-electron chi connectivity index (χ2n) is 8.17. The van der Waals surface area contributed by atoms with E-state index in [1.807, 2.05) is 6.92 Å². The van der Waals surface area contributed by atoms with Crippen molar-refractivity contribution >= 4 is 15.7 Å². The van der Waals surface area contributed by atoms with Gasteiger partial charge in [-0.15, -0.1) is 0 Å². The van der Waals surface area contributed by atoms with Crippen molar-refractivity contribution in [3.05, 3.63) is 34.4 Å². The third kappa shape index (κ3) is 3.08. The van der Waals surface area contributed by atoms with Gasteiger partial charge in [-0.2, -0.15) is 0 Å². The molecule has 1 N–H and O–H groups in total. The molecule has 25 heavy (non-hydrogen) atoms. The SMILES string of the molecule is C[C@@H](NS(=O)(=O)c1cccc([N+](=O)[O-])c1)C1C2CC3CC(C2)CC1C3. The average Bonchev–Trinajstić information content (AvgIpc) is 2.53. The first-order valence-corrected chi connectivity index (χ1v) is 10.6. The van der Waals surface area contributed by atoms with Crippen molar-refractivity contribution < 1.29 is 13.3 Å². The summed E-state index contributed by atoms with van der Waals surface area (Å²) in [5.74, 6) is 3.33. The van der Waals surface area contributed by atoms with Gasteiger partial charge >= 0.3 is 0 Å². The van der Waals surface area contributed by atoms with Crippen LogP contribution in [0.1, 0.15) is 39.0 Å². The molecule has 1 aromatic rings. The van der Waals surface area contributed by atoms with Crippen molar-refractivity contribution in [1.82, 2.24) is 4.72 Å². The van der Waals surface area contributed by atoms with Crippen LogP contribution in [0.15, 0.2) is 29.2 Å². The summed E-state index contributed by atoms with van der Waals surface area (Å²) in [7, 11) is -3.75. The monoisotopic (exact) mass is 364 g/mol. The van der Waals surface area contributed by atoms with E-state index in [1.165, 1.54) is 50.3 Å². The van der Waals surface area contributed by atoms with Crippen molar-refractivity contribution in [2.24, 2.45) is 29.6 Å². The maximum atomic E-state index is 12.7. The fourth-order valence-electron chi connectivity index (χ4n) is 5.94. The van der Waals surface area contributed by atoms with Gasteiger partial charge in [-0.1, -0.05) is 6.07 Å². The Morgan fingerprint density at radius 1 is 1.12 bits per heavy atom. The predicted octanol–water partition coefficient (Wildman–Crippen LogP) is 3.33. The van der Waals surface area contributed by atoms with Crippen LogP contribution in [0.3, 0.4) is 0 Å². The van der Waals surface area contributed by atoms with E-state index in [0.717, 1.165) is 17.9 Å². The Morgan fingerprint density at radius 3 is 2.28 bits per heavy atom. The molecule has 136 valence electrons. The van der Waals surface area contributed by atoms with Gasteiger partial charge in [-0.05, 0) is 74.7 Å². The lowest BCUT2D eigenvalue weighted by Crippen LogP contribution is -2.52. The van der Waals surface area contributed by atoms with Gasteiger partial charge in [0.1, 0.15) is 0 Å². The Morgan fingerprint density at radius 2 is 1.72 bits per heavy atom. The molecule has 4 aliphatic carbocycles. The molecule has 0 spiro atoms. The first-order chi connectivity index (χ1) is 11.8. The lowest BCUT2D eigenvalue weighted by atomic mass is 9.51. The van der Waals surface area contributed by atoms with Gasteiger partial charge in [-0.25, -0.2) is 13.1 Å². The summed E-state index contributed by atoms with van der Waals surface area (Å²) in [6, 6.07) is 5.13. The number of rotatable bonds is 5. The highest BCUT2D eigenvalue weighted by molar-refractivity contribution is 7.89. The number of nitro groups is 1. The molecular formula is C18H24N2O4S. The second kappa shape index (κ2) is 6.06. The van der Waals surface area contributed by atoms with Crippen LogP contribution in [0.4, 0.5) is 5.69 Å². The summed E-state index contributed by atoms with van der Waals surface area (Å²) in [6.07, 6.45) is 6.32. The minimum Gasteiger partial charge on any atom is -0.258 e. The molecule has 0 aromatic heterocycles. The molecule has 1 atom stereocenters. The molecule has 4 saturated carbocycles. The molecule has 0 aliphatic heterocycles. The van der Waals surface area contributed by atoms with Crippen LogP contribution in [-0.2, 0) is 10.0 Å². The topological polar surface area (TPSA) is 89.3 Å². The first kappa shape index (κ1) is 17.0. The Balaban J connectivity index is 1.53. The van der Waals surface area contributed by atoms with Crippen LogP contribution in [0, 0.1) is 39.7 Å². The van der Waals surface area contributed by atoms with Crippen LogP contribution in [0.5, 0.6) is 0 Å². The Hall–Kier alpha value is -1.47. The quantitative estimate of drug-likeness (QED) is 0.641. The molecule has 0 heterocycles. The number of non-ortho nitro benzene ring substituents is 1. The highest BCUT2D eigenvalue weighted by Crippen LogP contribution is 2.57. The zero-order valence-electron chi connectivity index (χ0n) is 14.3. The van der Waals surface area contributed by atoms with Crippen molar-refractivity contribution in [1.29, 1.82) is 0 Å². The largest absolute Gasteiger partial charge is 0.270 e. The lowest BCUT2D eigenvalue weighted by molar-refractivity contribution is -0.385. The van der Waals surface area contributed by atoms with Gasteiger partial charge in [0.25, 0.3) is 5.69 Å². The van der Waals surface area contributed by atoms with Gasteiger partial charge in [0.05, 0.1) is 9.82 Å². The second-order valence-corrected chi connectivity index (χ2v) is 9.89. The van der Waals surface area contributed by atoms with E-state index >= 15 is 0 Å². The third-order valence-electron chi connectivity index (χ3n) is 6.56. The molecule has 4 bridgehead atoms. The van der Waals surface area contributed by atoms with E-state index in [2.05, 4.69) is 4.72 Å². The molecule has 6 nitrogen and oxygen atoms in total. The van der Waals surface area contributed by atoms with Gasteiger partial charge < -0.3 is 0 Å². The standard InChI is InChI=1S/C18H24N2O4S/c1-11(18-14-6-12-5-13(8-14)9-15(18)7-12)19-25(23,24)17-4-2-3-16(10-17)20(21)22/h2-4,10-15,18-19H,5-9H2,1H3/t11-,12?,13?,14?,15?,18?/m1/s1. The van der Waals surface area contributed by atoms with E-state index in [9.17, 15) is 18.5 Å². The molecule has 0 saturated heterocycles. The molecular weight excluding hydrogens is 340 g/mol. The minimum absolute atomic E-state index is 0.0302. The number of hydrogen-bond donors (Lipinski definition) is 1. The fourth-order valence-corrected chi connectivity index (χ4v) is 7.26. The number of nitro benzene ring substituents is 1. The van der Waals surface area contributed by atoms with Gasteiger partial charge in [0.15, 0.2) is 0 Å². The molecule has 4 fully saturated rings. The van der Waals surface area contributed by atoms with Gasteiger partial charge in [0, 0.05) is 18.2 Å². The Labute approximate surface area is 148 Å². The molecule has 4 aliphatic rings. The zero-order valence-corrected chi connectivity index (χ0v) is 15.1. The van der Waals surface area contributed by atoms with E-state index in [-0.39, 0.29) is 16.6 Å². The van der Waals surface area contributed by atoms with Gasteiger partial charge in [-0.3, -0.25) is 10.1 Å². The summed E-state index contributed by atoms with van der Waals surface area (Å²) in [5, 5.41) is 10.9. The molecule has 0 amide bonds. The highest BCUT2D eigenvalue weighted by Gasteiger charge is 2.50. The predicted molar refractivity (Wildman–Crippen MR) is 93.4 cm³/mol. The maximum Gasteiger partial charge on any atom is 0.270 e. The van der Waals surface area contributed by atoms with Crippen LogP contribution in [-0.4, -0.2) is 19.4 Å². The first-order valence-electron chi connectivity index (χ1n) is 9.10. The number of nitrogens with zero attached hydrogens (tertiary/aromatic N) is 1. The zero-order chi connectivity index (χ0) is 17.8.